The van der Waals surface area contributed by atoms with Crippen molar-refractivity contribution in [3.8, 4) is 0 Å². The summed E-state index contributed by atoms with van der Waals surface area (Å²) in [6.45, 7) is 20.7. The Bertz CT molecular complexity index is 429. The van der Waals surface area contributed by atoms with Crippen molar-refractivity contribution >= 4 is 16.6 Å². The maximum absolute atomic E-state index is 6.68. The maximum atomic E-state index is 6.68. The van der Waals surface area contributed by atoms with Gasteiger partial charge < -0.3 is 8.85 Å². The number of allylic oxidation sites excluding steroid dienone is 1. The minimum atomic E-state index is -1.62. The minimum Gasteiger partial charge on any atom is -0.545 e. The smallest absolute Gasteiger partial charge is 0.241 e. The fourth-order valence-electron chi connectivity index (χ4n) is 3.92. The Kier molecular flexibility index (Phi) is 3.64. The van der Waals surface area contributed by atoms with E-state index in [4.69, 9.17) is 8.85 Å². The second kappa shape index (κ2) is 4.46. The van der Waals surface area contributed by atoms with E-state index in [-0.39, 0.29) is 5.60 Å². The largest absolute Gasteiger partial charge is 0.545 e. The molecule has 0 aromatic carbocycles. The van der Waals surface area contributed by atoms with Crippen LogP contribution in [-0.2, 0) is 8.85 Å². The van der Waals surface area contributed by atoms with Crippen molar-refractivity contribution in [2.45, 2.75) is 72.1 Å². The molecule has 0 heterocycles. The van der Waals surface area contributed by atoms with Gasteiger partial charge in [0.25, 0.3) is 0 Å². The molecule has 0 N–H and O–H groups in total. The first kappa shape index (κ1) is 16.3. The van der Waals surface area contributed by atoms with Crippen LogP contribution in [0.25, 0.3) is 0 Å². The topological polar surface area (TPSA) is 18.5 Å². The molecule has 2 bridgehead atoms. The molecular weight excluding hydrogens is 280 g/mol. The molecule has 1 fully saturated rings. The van der Waals surface area contributed by atoms with Gasteiger partial charge in [0, 0.05) is 0 Å². The van der Waals surface area contributed by atoms with Gasteiger partial charge in [-0.05, 0) is 76.0 Å². The quantitative estimate of drug-likeness (QED) is 0.679. The molecule has 0 saturated heterocycles. The summed E-state index contributed by atoms with van der Waals surface area (Å²) in [5.74, 6) is 2.39. The number of hydrogen-bond donors (Lipinski definition) is 0. The monoisotopic (exact) mass is 312 g/mol. The molecule has 3 rings (SSSR count). The molecule has 1 saturated carbocycles. The minimum absolute atomic E-state index is 0.219. The first-order valence-corrected chi connectivity index (χ1v) is 14.7. The van der Waals surface area contributed by atoms with Crippen molar-refractivity contribution < 1.29 is 8.85 Å². The van der Waals surface area contributed by atoms with Gasteiger partial charge in [0.1, 0.15) is 11.4 Å². The molecule has 0 radical (unpaired) electrons. The van der Waals surface area contributed by atoms with Crippen LogP contribution >= 0.6 is 0 Å². The molecular formula is C16H32O2Si2. The van der Waals surface area contributed by atoms with Crippen LogP contribution in [-0.4, -0.2) is 22.2 Å². The lowest BCUT2D eigenvalue weighted by molar-refractivity contribution is -0.136. The van der Waals surface area contributed by atoms with Crippen LogP contribution in [0.1, 0.15) is 27.2 Å². The zero-order chi connectivity index (χ0) is 15.6. The Morgan fingerprint density at radius 3 is 1.95 bits per heavy atom. The van der Waals surface area contributed by atoms with Crippen molar-refractivity contribution in [2.24, 2.45) is 17.3 Å². The fourth-order valence-corrected chi connectivity index (χ4v) is 6.36. The van der Waals surface area contributed by atoms with Gasteiger partial charge in [-0.15, -0.1) is 0 Å². The lowest BCUT2D eigenvalue weighted by Crippen LogP contribution is -2.63. The van der Waals surface area contributed by atoms with E-state index in [1.54, 1.807) is 0 Å². The van der Waals surface area contributed by atoms with Gasteiger partial charge in [-0.1, -0.05) is 13.8 Å². The van der Waals surface area contributed by atoms with E-state index in [2.05, 4.69) is 66.1 Å². The number of rotatable bonds is 4. The molecule has 0 spiro atoms. The summed E-state index contributed by atoms with van der Waals surface area (Å²) in [6.07, 6.45) is 3.64. The van der Waals surface area contributed by atoms with Crippen LogP contribution in [0, 0.1) is 17.3 Å². The summed E-state index contributed by atoms with van der Waals surface area (Å²) in [5.41, 5.74) is 0.129. The molecule has 0 unspecified atom stereocenters. The summed E-state index contributed by atoms with van der Waals surface area (Å²) >= 11 is 0. The van der Waals surface area contributed by atoms with E-state index in [1.165, 1.54) is 6.42 Å². The highest BCUT2D eigenvalue weighted by Gasteiger charge is 2.62. The number of fused-ring (bicyclic) bond motifs is 1. The van der Waals surface area contributed by atoms with Crippen LogP contribution in [0.3, 0.4) is 0 Å². The highest BCUT2D eigenvalue weighted by Crippen LogP contribution is 2.63. The van der Waals surface area contributed by atoms with E-state index in [9.17, 15) is 0 Å². The Hall–Kier alpha value is -0.0662. The summed E-state index contributed by atoms with van der Waals surface area (Å²) in [5, 5.41) is 0. The van der Waals surface area contributed by atoms with E-state index in [0.29, 0.717) is 17.3 Å². The normalized spacial score (nSPS) is 36.1. The zero-order valence-corrected chi connectivity index (χ0v) is 16.8. The third-order valence-electron chi connectivity index (χ3n) is 4.78. The third kappa shape index (κ3) is 2.79. The maximum Gasteiger partial charge on any atom is 0.241 e. The van der Waals surface area contributed by atoms with Crippen molar-refractivity contribution in [1.82, 2.24) is 0 Å². The molecule has 0 amide bonds. The molecule has 0 aromatic heterocycles. The second-order valence-corrected chi connectivity index (χ2v) is 18.1. The first-order valence-electron chi connectivity index (χ1n) is 7.87. The fraction of sp³-hybridized carbons (Fsp3) is 0.875. The summed E-state index contributed by atoms with van der Waals surface area (Å²) in [4.78, 5) is 0. The second-order valence-electron chi connectivity index (χ2n) is 9.28. The average molecular weight is 313 g/mol. The number of hydrogen-bond acceptors (Lipinski definition) is 2. The molecule has 3 aliphatic rings. The van der Waals surface area contributed by atoms with Crippen molar-refractivity contribution in [3.63, 3.8) is 0 Å². The molecule has 4 heteroatoms. The van der Waals surface area contributed by atoms with Gasteiger partial charge in [0.05, 0.1) is 0 Å². The van der Waals surface area contributed by atoms with Gasteiger partial charge in [0.15, 0.2) is 8.32 Å². The average Bonchev–Trinajstić information content (AvgIpc) is 2.15. The standard InChI is InChI=1S/C16H32O2Si2/c1-15(2)12-10-13(15)16(3,18-20(7,8)9)14(11-12)17-19(4,5)6/h11-13H,10H2,1-9H3/t12-,13-,16-/m1/s1. The van der Waals surface area contributed by atoms with E-state index in [0.717, 1.165) is 5.76 Å². The molecule has 2 nitrogen and oxygen atoms in total. The molecule has 3 atom stereocenters. The lowest BCUT2D eigenvalue weighted by Gasteiger charge is -2.63. The van der Waals surface area contributed by atoms with Crippen molar-refractivity contribution in [1.29, 1.82) is 0 Å². The van der Waals surface area contributed by atoms with E-state index >= 15 is 0 Å². The summed E-state index contributed by atoms with van der Waals surface area (Å²) < 4.78 is 13.1. The molecule has 0 aromatic rings. The summed E-state index contributed by atoms with van der Waals surface area (Å²) in [7, 11) is -3.22. The van der Waals surface area contributed by atoms with Crippen molar-refractivity contribution in [3.05, 3.63) is 11.8 Å². The first-order chi connectivity index (χ1) is 8.76. The van der Waals surface area contributed by atoms with Gasteiger partial charge in [-0.3, -0.25) is 0 Å². The van der Waals surface area contributed by atoms with Crippen molar-refractivity contribution in [2.75, 3.05) is 0 Å². The Morgan fingerprint density at radius 1 is 1.00 bits per heavy atom. The lowest BCUT2D eigenvalue weighted by atomic mass is 9.46. The molecule has 0 aliphatic heterocycles. The Labute approximate surface area is 127 Å². The predicted octanol–water partition coefficient (Wildman–Crippen LogP) is 5.01. The zero-order valence-electron chi connectivity index (χ0n) is 14.8. The summed E-state index contributed by atoms with van der Waals surface area (Å²) in [6, 6.07) is 0. The van der Waals surface area contributed by atoms with Crippen LogP contribution in [0.2, 0.25) is 39.3 Å². The van der Waals surface area contributed by atoms with Gasteiger partial charge in [-0.25, -0.2) is 0 Å². The van der Waals surface area contributed by atoms with E-state index in [1.807, 2.05) is 0 Å². The highest BCUT2D eigenvalue weighted by molar-refractivity contribution is 6.70. The van der Waals surface area contributed by atoms with Crippen LogP contribution < -0.4 is 0 Å². The highest BCUT2D eigenvalue weighted by atomic mass is 28.4. The SMILES string of the molecule is CC1(C)[C@H]2C[C@@H]1C=C(O[Si](C)(C)C)[C@]2(C)O[Si](C)(C)C. The third-order valence-corrected chi connectivity index (χ3v) is 6.65. The van der Waals surface area contributed by atoms with Gasteiger partial charge >= 0.3 is 0 Å². The van der Waals surface area contributed by atoms with E-state index < -0.39 is 16.6 Å². The van der Waals surface area contributed by atoms with Crippen LogP contribution in [0.15, 0.2) is 11.8 Å². The van der Waals surface area contributed by atoms with Crippen LogP contribution in [0.5, 0.6) is 0 Å². The predicted molar refractivity (Wildman–Crippen MR) is 90.7 cm³/mol. The van der Waals surface area contributed by atoms with Gasteiger partial charge in [-0.2, -0.15) is 0 Å². The molecule has 20 heavy (non-hydrogen) atoms. The Balaban J connectivity index is 2.38. The molecule has 116 valence electrons. The van der Waals surface area contributed by atoms with Gasteiger partial charge in [0.2, 0.25) is 8.32 Å². The Morgan fingerprint density at radius 2 is 1.55 bits per heavy atom. The van der Waals surface area contributed by atoms with Crippen LogP contribution in [0.4, 0.5) is 0 Å². The molecule has 3 aliphatic carbocycles.